The summed E-state index contributed by atoms with van der Waals surface area (Å²) in [5.74, 6) is -1.24. The van der Waals surface area contributed by atoms with E-state index < -0.39 is 5.97 Å². The number of carboxylic acid groups (broad SMARTS) is 1. The van der Waals surface area contributed by atoms with Crippen molar-refractivity contribution in [2.24, 2.45) is 0 Å². The number of thiophene rings is 1. The van der Waals surface area contributed by atoms with Crippen molar-refractivity contribution >= 4 is 63.2 Å². The van der Waals surface area contributed by atoms with Crippen molar-refractivity contribution in [1.82, 2.24) is 8.75 Å². The van der Waals surface area contributed by atoms with Crippen LogP contribution in [0.3, 0.4) is 0 Å². The molecule has 0 aliphatic heterocycles. The van der Waals surface area contributed by atoms with Crippen LogP contribution < -0.4 is 4.90 Å². The number of anilines is 3. The van der Waals surface area contributed by atoms with Gasteiger partial charge in [-0.1, -0.05) is 60.7 Å². The number of rotatable bonds is 7. The number of benzene rings is 4. The largest absolute Gasteiger partial charge is 0.477 e. The maximum Gasteiger partial charge on any atom is 0.346 e. The fraction of sp³-hybridized carbons (Fsp3) is 0.0303. The van der Waals surface area contributed by atoms with Gasteiger partial charge in [0.2, 0.25) is 0 Å². The van der Waals surface area contributed by atoms with Crippen molar-refractivity contribution in [2.45, 2.75) is 6.92 Å². The molecule has 1 N–H and O–H groups in total. The van der Waals surface area contributed by atoms with Crippen LogP contribution in [0.4, 0.5) is 17.1 Å². The van der Waals surface area contributed by atoms with Gasteiger partial charge in [-0.15, -0.1) is 11.3 Å². The van der Waals surface area contributed by atoms with Crippen molar-refractivity contribution in [3.05, 3.63) is 119 Å². The summed E-state index contributed by atoms with van der Waals surface area (Å²) in [5.41, 5.74) is 8.45. The van der Waals surface area contributed by atoms with Gasteiger partial charge < -0.3 is 10.0 Å². The molecule has 2 aromatic heterocycles. The summed E-state index contributed by atoms with van der Waals surface area (Å²) in [6.45, 7) is 1.97. The van der Waals surface area contributed by atoms with Crippen LogP contribution in [0.1, 0.15) is 10.4 Å². The van der Waals surface area contributed by atoms with Crippen molar-refractivity contribution in [3.63, 3.8) is 0 Å². The fourth-order valence-corrected chi connectivity index (χ4v) is 6.52. The zero-order valence-corrected chi connectivity index (χ0v) is 23.5. The molecule has 2 heterocycles. The van der Waals surface area contributed by atoms with Gasteiger partial charge in [0, 0.05) is 37.9 Å². The molecule has 0 aliphatic rings. The summed E-state index contributed by atoms with van der Waals surface area (Å²) in [5, 5.41) is 18.4. The summed E-state index contributed by atoms with van der Waals surface area (Å²) in [6, 6.07) is 36.8. The van der Waals surface area contributed by atoms with E-state index in [0.717, 1.165) is 55.2 Å². The molecule has 0 saturated heterocycles. The molecular weight excluding hydrogens is 549 g/mol. The van der Waals surface area contributed by atoms with E-state index in [9.17, 15) is 9.90 Å². The van der Waals surface area contributed by atoms with Crippen molar-refractivity contribution in [2.75, 3.05) is 4.90 Å². The second-order valence-electron chi connectivity index (χ2n) is 9.31. The maximum absolute atomic E-state index is 11.3. The van der Waals surface area contributed by atoms with Crippen LogP contribution in [-0.4, -0.2) is 19.8 Å². The number of para-hydroxylation sites is 2. The molecule has 0 amide bonds. The molecule has 0 aliphatic carbocycles. The minimum absolute atomic E-state index is 0.296. The highest BCUT2D eigenvalue weighted by Crippen LogP contribution is 2.41. The van der Waals surface area contributed by atoms with E-state index >= 15 is 0 Å². The van der Waals surface area contributed by atoms with E-state index in [1.54, 1.807) is 6.07 Å². The van der Waals surface area contributed by atoms with Crippen LogP contribution in [0.25, 0.3) is 38.7 Å². The number of aliphatic carboxylic acids is 1. The topological polar surface area (TPSA) is 90.1 Å². The summed E-state index contributed by atoms with van der Waals surface area (Å²) >= 11 is 2.60. The molecule has 6 rings (SSSR count). The van der Waals surface area contributed by atoms with Crippen LogP contribution in [-0.2, 0) is 4.79 Å². The summed E-state index contributed by atoms with van der Waals surface area (Å²) < 4.78 is 9.28. The first-order valence-corrected chi connectivity index (χ1v) is 14.3. The molecule has 6 aromatic rings. The monoisotopic (exact) mass is 570 g/mol. The zero-order chi connectivity index (χ0) is 28.3. The highest BCUT2D eigenvalue weighted by Gasteiger charge is 2.18. The van der Waals surface area contributed by atoms with Crippen molar-refractivity contribution in [3.8, 4) is 27.6 Å². The first-order chi connectivity index (χ1) is 20.0. The molecule has 0 atom stereocenters. The minimum Gasteiger partial charge on any atom is -0.477 e. The van der Waals surface area contributed by atoms with Gasteiger partial charge in [-0.3, -0.25) is 0 Å². The molecule has 198 valence electrons. The first kappa shape index (κ1) is 26.1. The second-order valence-corrected chi connectivity index (χ2v) is 10.9. The maximum atomic E-state index is 11.3. The van der Waals surface area contributed by atoms with E-state index in [1.165, 1.54) is 29.1 Å². The van der Waals surface area contributed by atoms with E-state index in [-0.39, 0.29) is 5.57 Å². The molecule has 41 heavy (non-hydrogen) atoms. The SMILES string of the molecule is Cc1cc(/C=C(\C#N)C(=O)O)sc1-c1ccc(-c2ccc(N(c3ccccc3)c3ccccc3)cc2)c2nsnc12. The third kappa shape index (κ3) is 5.12. The Bertz CT molecular complexity index is 1900. The number of fused-ring (bicyclic) bond motifs is 1. The van der Waals surface area contributed by atoms with Crippen LogP contribution in [0.2, 0.25) is 0 Å². The lowest BCUT2D eigenvalue weighted by atomic mass is 9.99. The molecule has 0 bridgehead atoms. The predicted octanol–water partition coefficient (Wildman–Crippen LogP) is 8.86. The Morgan fingerprint density at radius 3 is 1.98 bits per heavy atom. The molecule has 6 nitrogen and oxygen atoms in total. The highest BCUT2D eigenvalue weighted by molar-refractivity contribution is 7.16. The van der Waals surface area contributed by atoms with E-state index in [1.807, 2.05) is 55.5 Å². The number of hydrogen-bond donors (Lipinski definition) is 1. The average Bonchev–Trinajstić information content (AvgIpc) is 3.64. The standard InChI is InChI=1S/C33H22N4O2S2/c1-21-18-27(19-23(20-34)33(38)39)40-32(21)29-17-16-28(30-31(29)36-41-35-30)22-12-14-26(15-13-22)37(24-8-4-2-5-9-24)25-10-6-3-7-11-25/h2-19H,1H3,(H,38,39)/b23-19+. The average molecular weight is 571 g/mol. The van der Waals surface area contributed by atoms with Gasteiger partial charge >= 0.3 is 5.97 Å². The van der Waals surface area contributed by atoms with Gasteiger partial charge in [0.25, 0.3) is 0 Å². The Labute approximate surface area is 245 Å². The van der Waals surface area contributed by atoms with Gasteiger partial charge in [0.15, 0.2) is 0 Å². The van der Waals surface area contributed by atoms with Gasteiger partial charge in [-0.25, -0.2) is 4.79 Å². The van der Waals surface area contributed by atoms with E-state index in [0.29, 0.717) is 4.88 Å². The Balaban J connectivity index is 1.38. The number of carboxylic acids is 1. The summed E-state index contributed by atoms with van der Waals surface area (Å²) in [7, 11) is 0. The molecule has 0 saturated carbocycles. The molecule has 4 aromatic carbocycles. The number of aryl methyl sites for hydroxylation is 1. The lowest BCUT2D eigenvalue weighted by molar-refractivity contribution is -0.132. The second kappa shape index (κ2) is 11.2. The molecule has 0 spiro atoms. The Morgan fingerprint density at radius 1 is 0.829 bits per heavy atom. The van der Waals surface area contributed by atoms with Gasteiger partial charge in [0.1, 0.15) is 22.7 Å². The Hall–Kier alpha value is -5.10. The fourth-order valence-electron chi connectivity index (χ4n) is 4.80. The Morgan fingerprint density at radius 2 is 1.39 bits per heavy atom. The van der Waals surface area contributed by atoms with Gasteiger partial charge in [0.05, 0.1) is 11.7 Å². The molecular formula is C33H22N4O2S2. The van der Waals surface area contributed by atoms with Gasteiger partial charge in [-0.2, -0.15) is 14.0 Å². The van der Waals surface area contributed by atoms with E-state index in [2.05, 4.69) is 68.2 Å². The number of nitriles is 1. The quantitative estimate of drug-likeness (QED) is 0.152. The molecule has 8 heteroatoms. The highest BCUT2D eigenvalue weighted by atomic mass is 32.1. The predicted molar refractivity (Wildman–Crippen MR) is 167 cm³/mol. The lowest BCUT2D eigenvalue weighted by Gasteiger charge is -2.25. The van der Waals surface area contributed by atoms with Crippen LogP contribution >= 0.6 is 23.1 Å². The number of aromatic nitrogens is 2. The van der Waals surface area contributed by atoms with Gasteiger partial charge in [-0.05, 0) is 66.6 Å². The summed E-state index contributed by atoms with van der Waals surface area (Å²) in [4.78, 5) is 15.2. The van der Waals surface area contributed by atoms with Crippen LogP contribution in [0, 0.1) is 18.3 Å². The van der Waals surface area contributed by atoms with Crippen LogP contribution in [0.5, 0.6) is 0 Å². The number of nitrogens with zero attached hydrogens (tertiary/aromatic N) is 4. The van der Waals surface area contributed by atoms with Crippen molar-refractivity contribution in [1.29, 1.82) is 5.26 Å². The molecule has 0 fully saturated rings. The third-order valence-electron chi connectivity index (χ3n) is 6.70. The minimum atomic E-state index is -1.24. The lowest BCUT2D eigenvalue weighted by Crippen LogP contribution is -2.09. The third-order valence-corrected chi connectivity index (χ3v) is 8.45. The summed E-state index contributed by atoms with van der Waals surface area (Å²) in [6.07, 6.45) is 1.41. The molecule has 0 unspecified atom stereocenters. The number of carbonyl (C=O) groups is 1. The number of hydrogen-bond acceptors (Lipinski definition) is 7. The first-order valence-electron chi connectivity index (χ1n) is 12.8. The zero-order valence-electron chi connectivity index (χ0n) is 21.9. The Kier molecular flexibility index (Phi) is 7.13. The smallest absolute Gasteiger partial charge is 0.346 e. The van der Waals surface area contributed by atoms with Crippen molar-refractivity contribution < 1.29 is 9.90 Å². The molecule has 0 radical (unpaired) electrons. The van der Waals surface area contributed by atoms with Crippen LogP contribution in [0.15, 0.2) is 109 Å². The normalized spacial score (nSPS) is 11.4. The van der Waals surface area contributed by atoms with E-state index in [4.69, 9.17) is 5.26 Å².